The summed E-state index contributed by atoms with van der Waals surface area (Å²) in [6, 6.07) is -0.438. The minimum absolute atomic E-state index is 0.299. The minimum Gasteiger partial charge on any atom is -0.267 e. The molecule has 0 atom stereocenters. The van der Waals surface area contributed by atoms with Gasteiger partial charge in [-0.3, -0.25) is 9.69 Å². The second-order valence-electron chi connectivity index (χ2n) is 2.03. The Morgan fingerprint density at radius 2 is 2.30 bits per heavy atom. The predicted octanol–water partition coefficient (Wildman–Crippen LogP) is 0.429. The molecule has 1 aliphatic heterocycles. The lowest BCUT2D eigenvalue weighted by molar-refractivity contribution is -0.120. The molecule has 0 N–H and O–H groups in total. The Morgan fingerprint density at radius 3 is 2.70 bits per heavy atom. The Labute approximate surface area is 58.5 Å². The van der Waals surface area contributed by atoms with Gasteiger partial charge in [-0.25, -0.2) is 4.79 Å². The fourth-order valence-electron chi connectivity index (χ4n) is 0.774. The Morgan fingerprint density at radius 1 is 1.60 bits per heavy atom. The molecule has 0 fully saturated rings. The van der Waals surface area contributed by atoms with E-state index in [4.69, 9.17) is 0 Å². The van der Waals surface area contributed by atoms with Crippen molar-refractivity contribution < 1.29 is 9.59 Å². The van der Waals surface area contributed by atoms with Gasteiger partial charge in [0, 0.05) is 6.54 Å². The van der Waals surface area contributed by atoms with E-state index in [2.05, 4.69) is 4.99 Å². The van der Waals surface area contributed by atoms with Crippen LogP contribution >= 0.6 is 0 Å². The van der Waals surface area contributed by atoms with Crippen LogP contribution in [0.5, 0.6) is 0 Å². The fraction of sp³-hybridized carbons (Fsp3) is 0.500. The number of carbonyl (C=O) groups excluding carboxylic acids is 2. The first-order valence-corrected chi connectivity index (χ1v) is 3.15. The lowest BCUT2D eigenvalue weighted by Gasteiger charge is -2.08. The van der Waals surface area contributed by atoms with E-state index in [0.717, 1.165) is 17.5 Å². The molecule has 1 heterocycles. The summed E-state index contributed by atoms with van der Waals surface area (Å²) in [4.78, 5) is 25.9. The number of carbonyl (C=O) groups is 2. The number of rotatable bonds is 2. The summed E-state index contributed by atoms with van der Waals surface area (Å²) in [6.45, 7) is 2.37. The zero-order chi connectivity index (χ0) is 7.56. The molecular weight excluding hydrogens is 132 g/mol. The van der Waals surface area contributed by atoms with Crippen molar-refractivity contribution >= 4 is 18.2 Å². The van der Waals surface area contributed by atoms with Crippen molar-refractivity contribution in [3.8, 4) is 0 Å². The first kappa shape index (κ1) is 6.92. The molecule has 0 aliphatic carbocycles. The molecule has 0 saturated carbocycles. The summed E-state index contributed by atoms with van der Waals surface area (Å²) in [5, 5.41) is 0. The largest absolute Gasteiger partial charge is 0.350 e. The van der Waals surface area contributed by atoms with E-state index < -0.39 is 6.03 Å². The fourth-order valence-corrected chi connectivity index (χ4v) is 0.774. The van der Waals surface area contributed by atoms with E-state index in [9.17, 15) is 9.59 Å². The molecule has 1 aliphatic rings. The predicted molar refractivity (Wildman–Crippen MR) is 35.9 cm³/mol. The van der Waals surface area contributed by atoms with Gasteiger partial charge in [-0.05, 0) is 6.42 Å². The zero-order valence-corrected chi connectivity index (χ0v) is 5.70. The standard InChI is InChI=1S/C6H8N2O2/c1-2-3-8-5(9)4-7-6(8)10/h4H,2-3H2,1H3. The normalized spacial score (nSPS) is 17.1. The third-order valence-corrected chi connectivity index (χ3v) is 1.23. The average Bonchev–Trinajstić information content (AvgIpc) is 2.20. The van der Waals surface area contributed by atoms with E-state index in [-0.39, 0.29) is 5.91 Å². The van der Waals surface area contributed by atoms with Gasteiger partial charge >= 0.3 is 6.03 Å². The van der Waals surface area contributed by atoms with Gasteiger partial charge in [0.05, 0.1) is 6.21 Å². The van der Waals surface area contributed by atoms with Crippen LogP contribution in [-0.4, -0.2) is 29.6 Å². The summed E-state index contributed by atoms with van der Waals surface area (Å²) < 4.78 is 0. The molecule has 0 bridgehead atoms. The molecule has 0 aromatic heterocycles. The van der Waals surface area contributed by atoms with Crippen molar-refractivity contribution in [3.63, 3.8) is 0 Å². The molecular formula is C6H8N2O2. The first-order chi connectivity index (χ1) is 4.75. The maximum absolute atomic E-state index is 10.7. The SMILES string of the molecule is CCCN1C(=O)C=NC1=O. The molecule has 0 aromatic rings. The van der Waals surface area contributed by atoms with Gasteiger partial charge in [0.25, 0.3) is 5.91 Å². The van der Waals surface area contributed by atoms with Crippen molar-refractivity contribution in [3.05, 3.63) is 0 Å². The quantitative estimate of drug-likeness (QED) is 0.558. The van der Waals surface area contributed by atoms with Crippen LogP contribution in [0.1, 0.15) is 13.3 Å². The molecule has 54 valence electrons. The van der Waals surface area contributed by atoms with Gasteiger partial charge in [-0.1, -0.05) is 6.92 Å². The highest BCUT2D eigenvalue weighted by Crippen LogP contribution is 2.00. The zero-order valence-electron chi connectivity index (χ0n) is 5.70. The van der Waals surface area contributed by atoms with Crippen LogP contribution in [0.25, 0.3) is 0 Å². The van der Waals surface area contributed by atoms with E-state index in [0.29, 0.717) is 6.54 Å². The van der Waals surface area contributed by atoms with E-state index >= 15 is 0 Å². The molecule has 4 nitrogen and oxygen atoms in total. The minimum atomic E-state index is -0.438. The van der Waals surface area contributed by atoms with Crippen molar-refractivity contribution in [2.24, 2.45) is 4.99 Å². The number of imide groups is 1. The van der Waals surface area contributed by atoms with Crippen LogP contribution in [0.4, 0.5) is 4.79 Å². The lowest BCUT2D eigenvalue weighted by atomic mass is 10.4. The van der Waals surface area contributed by atoms with Crippen molar-refractivity contribution in [1.82, 2.24) is 4.90 Å². The van der Waals surface area contributed by atoms with Crippen molar-refractivity contribution in [1.29, 1.82) is 0 Å². The number of amides is 3. The van der Waals surface area contributed by atoms with Crippen LogP contribution in [0.15, 0.2) is 4.99 Å². The summed E-state index contributed by atoms with van der Waals surface area (Å²) in [6.07, 6.45) is 1.83. The molecule has 0 spiro atoms. The smallest absolute Gasteiger partial charge is 0.267 e. The Kier molecular flexibility index (Phi) is 1.80. The number of nitrogens with zero attached hydrogens (tertiary/aromatic N) is 2. The highest BCUT2D eigenvalue weighted by atomic mass is 16.2. The van der Waals surface area contributed by atoms with Crippen LogP contribution in [0.3, 0.4) is 0 Å². The maximum Gasteiger partial charge on any atom is 0.350 e. The van der Waals surface area contributed by atoms with Crippen LogP contribution in [0, 0.1) is 0 Å². The summed E-state index contributed by atoms with van der Waals surface area (Å²) >= 11 is 0. The topological polar surface area (TPSA) is 49.7 Å². The van der Waals surface area contributed by atoms with Crippen LogP contribution in [-0.2, 0) is 4.79 Å². The number of aliphatic imine (C=N–C) groups is 1. The van der Waals surface area contributed by atoms with Gasteiger partial charge in [-0.2, -0.15) is 4.99 Å². The highest BCUT2D eigenvalue weighted by Gasteiger charge is 2.23. The molecule has 0 unspecified atom stereocenters. The number of hydrogen-bond acceptors (Lipinski definition) is 2. The van der Waals surface area contributed by atoms with Gasteiger partial charge in [0.15, 0.2) is 0 Å². The third-order valence-electron chi connectivity index (χ3n) is 1.23. The lowest BCUT2D eigenvalue weighted by Crippen LogP contribution is -2.30. The van der Waals surface area contributed by atoms with Crippen molar-refractivity contribution in [2.45, 2.75) is 13.3 Å². The van der Waals surface area contributed by atoms with E-state index in [1.165, 1.54) is 0 Å². The van der Waals surface area contributed by atoms with Gasteiger partial charge < -0.3 is 0 Å². The second-order valence-corrected chi connectivity index (χ2v) is 2.03. The molecule has 3 amide bonds. The summed E-state index contributed by atoms with van der Waals surface area (Å²) in [7, 11) is 0. The Hall–Kier alpha value is -1.19. The van der Waals surface area contributed by atoms with Crippen LogP contribution in [0.2, 0.25) is 0 Å². The maximum atomic E-state index is 10.7. The van der Waals surface area contributed by atoms with Crippen molar-refractivity contribution in [2.75, 3.05) is 6.54 Å². The number of hydrogen-bond donors (Lipinski definition) is 0. The van der Waals surface area contributed by atoms with E-state index in [1.54, 1.807) is 0 Å². The molecule has 0 saturated heterocycles. The second kappa shape index (κ2) is 2.60. The Balaban J connectivity index is 2.60. The van der Waals surface area contributed by atoms with Gasteiger partial charge in [0.2, 0.25) is 0 Å². The summed E-state index contributed by atoms with van der Waals surface area (Å²) in [5.41, 5.74) is 0. The molecule has 10 heavy (non-hydrogen) atoms. The van der Waals surface area contributed by atoms with Crippen LogP contribution < -0.4 is 0 Å². The first-order valence-electron chi connectivity index (χ1n) is 3.15. The highest BCUT2D eigenvalue weighted by molar-refractivity contribution is 6.35. The molecule has 0 radical (unpaired) electrons. The third kappa shape index (κ3) is 1.05. The average molecular weight is 140 g/mol. The molecule has 1 rings (SSSR count). The van der Waals surface area contributed by atoms with E-state index in [1.807, 2.05) is 6.92 Å². The summed E-state index contributed by atoms with van der Waals surface area (Å²) in [5.74, 6) is -0.299. The molecule has 0 aromatic carbocycles. The van der Waals surface area contributed by atoms with Gasteiger partial charge in [0.1, 0.15) is 0 Å². The molecule has 4 heteroatoms. The monoisotopic (exact) mass is 140 g/mol. The number of urea groups is 1. The van der Waals surface area contributed by atoms with Gasteiger partial charge in [-0.15, -0.1) is 0 Å². The Bertz CT molecular complexity index is 180.